The van der Waals surface area contributed by atoms with Gasteiger partial charge in [-0.2, -0.15) is 13.2 Å². The van der Waals surface area contributed by atoms with Crippen LogP contribution in [0.4, 0.5) is 29.5 Å². The minimum atomic E-state index is -4.57. The van der Waals surface area contributed by atoms with E-state index in [1.54, 1.807) is 56.9 Å². The van der Waals surface area contributed by atoms with Gasteiger partial charge in [0.15, 0.2) is 11.5 Å². The first-order chi connectivity index (χ1) is 21.7. The molecule has 0 aliphatic carbocycles. The van der Waals surface area contributed by atoms with Gasteiger partial charge in [0.25, 0.3) is 0 Å². The Morgan fingerprint density at radius 2 is 1.98 bits per heavy atom. The summed E-state index contributed by atoms with van der Waals surface area (Å²) in [6.07, 6.45) is 11.8. The number of nitrogens with zero attached hydrogens (tertiary/aromatic N) is 4. The third-order valence-corrected chi connectivity index (χ3v) is 6.52. The van der Waals surface area contributed by atoms with Crippen LogP contribution in [0, 0.1) is 0 Å². The maximum atomic E-state index is 13.3. The highest BCUT2D eigenvalue weighted by atomic mass is 19.4. The summed E-state index contributed by atoms with van der Waals surface area (Å²) in [5.74, 6) is 0.741. The van der Waals surface area contributed by atoms with E-state index >= 15 is 0 Å². The molecule has 1 atom stereocenters. The van der Waals surface area contributed by atoms with Crippen molar-refractivity contribution in [1.82, 2.24) is 30.0 Å². The minimum absolute atomic E-state index is 0.0777. The molecule has 0 fully saturated rings. The topological polar surface area (TPSA) is 118 Å². The summed E-state index contributed by atoms with van der Waals surface area (Å²) in [5, 5.41) is 11.5. The van der Waals surface area contributed by atoms with E-state index < -0.39 is 23.8 Å². The van der Waals surface area contributed by atoms with E-state index in [-0.39, 0.29) is 18.0 Å². The van der Waals surface area contributed by atoms with Crippen LogP contribution in [0.2, 0.25) is 0 Å². The number of halogens is 3. The zero-order chi connectivity index (χ0) is 32.2. The van der Waals surface area contributed by atoms with Gasteiger partial charge in [-0.05, 0) is 62.8 Å². The number of pyridine rings is 1. The largest absolute Gasteiger partial charge is 0.491 e. The van der Waals surface area contributed by atoms with E-state index in [1.807, 2.05) is 28.9 Å². The number of aromatic nitrogens is 4. The lowest BCUT2D eigenvalue weighted by Crippen LogP contribution is -2.35. The van der Waals surface area contributed by atoms with E-state index in [0.717, 1.165) is 23.3 Å². The maximum Gasteiger partial charge on any atom is 0.416 e. The number of ether oxygens (including phenoxy) is 1. The van der Waals surface area contributed by atoms with Crippen molar-refractivity contribution in [3.8, 4) is 5.75 Å². The van der Waals surface area contributed by atoms with Gasteiger partial charge in [-0.25, -0.2) is 14.8 Å². The Hall–Kier alpha value is -5.17. The molecule has 3 aromatic heterocycles. The van der Waals surface area contributed by atoms with Gasteiger partial charge >= 0.3 is 12.2 Å². The molecule has 1 aromatic carbocycles. The number of carbonyl (C=O) groups is 1. The lowest BCUT2D eigenvalue weighted by molar-refractivity contribution is -0.137. The average molecular weight is 621 g/mol. The third-order valence-electron chi connectivity index (χ3n) is 6.52. The summed E-state index contributed by atoms with van der Waals surface area (Å²) in [6, 6.07) is 5.65. The van der Waals surface area contributed by atoms with Gasteiger partial charge in [-0.3, -0.25) is 4.98 Å². The number of allylic oxidation sites excluding steroid dienone is 4. The van der Waals surface area contributed by atoms with Crippen LogP contribution in [0.25, 0.3) is 11.2 Å². The quantitative estimate of drug-likeness (QED) is 0.0997. The summed E-state index contributed by atoms with van der Waals surface area (Å²) in [6.45, 7) is 7.12. The first kappa shape index (κ1) is 32.7. The molecule has 3 heterocycles. The second-order valence-corrected chi connectivity index (χ2v) is 9.95. The molecule has 4 rings (SSSR count). The fourth-order valence-corrected chi connectivity index (χ4v) is 4.23. The molecule has 0 saturated carbocycles. The molecule has 4 N–H and O–H groups in total. The number of urea groups is 1. The third kappa shape index (κ3) is 9.41. The predicted octanol–water partition coefficient (Wildman–Crippen LogP) is 6.08. The maximum absolute atomic E-state index is 13.3. The molecule has 13 heteroatoms. The lowest BCUT2D eigenvalue weighted by Gasteiger charge is -2.17. The zero-order valence-electron chi connectivity index (χ0n) is 24.9. The second-order valence-electron chi connectivity index (χ2n) is 9.95. The molecular weight excluding hydrogens is 585 g/mol. The van der Waals surface area contributed by atoms with Crippen LogP contribution in [-0.2, 0) is 12.7 Å². The number of imidazole rings is 1. The fraction of sp³-hybridized carbons (Fsp3) is 0.250. The number of anilines is 2. The van der Waals surface area contributed by atoms with Crippen molar-refractivity contribution in [3.05, 3.63) is 109 Å². The van der Waals surface area contributed by atoms with E-state index in [0.29, 0.717) is 36.7 Å². The Bertz CT molecular complexity index is 1650. The summed E-state index contributed by atoms with van der Waals surface area (Å²) in [7, 11) is 1.79. The van der Waals surface area contributed by atoms with Gasteiger partial charge in [0.05, 0.1) is 23.6 Å². The lowest BCUT2D eigenvalue weighted by atomic mass is 10.1. The van der Waals surface area contributed by atoms with E-state index in [4.69, 9.17) is 9.72 Å². The van der Waals surface area contributed by atoms with E-state index in [2.05, 4.69) is 37.8 Å². The smallest absolute Gasteiger partial charge is 0.416 e. The number of carbonyl (C=O) groups excluding carboxylic acids is 1. The first-order valence-electron chi connectivity index (χ1n) is 14.2. The van der Waals surface area contributed by atoms with Crippen molar-refractivity contribution < 1.29 is 22.7 Å². The summed E-state index contributed by atoms with van der Waals surface area (Å²) < 4.78 is 47.5. The van der Waals surface area contributed by atoms with Crippen LogP contribution in [-0.4, -0.2) is 51.6 Å². The highest BCUT2D eigenvalue weighted by Gasteiger charge is 2.31. The van der Waals surface area contributed by atoms with Crippen LogP contribution in [0.1, 0.15) is 30.2 Å². The summed E-state index contributed by atoms with van der Waals surface area (Å²) in [5.41, 5.74) is 2.09. The summed E-state index contributed by atoms with van der Waals surface area (Å²) >= 11 is 0. The van der Waals surface area contributed by atoms with Crippen molar-refractivity contribution >= 4 is 28.8 Å². The van der Waals surface area contributed by atoms with Crippen molar-refractivity contribution in [2.75, 3.05) is 30.8 Å². The normalized spacial score (nSPS) is 12.7. The molecule has 0 bridgehead atoms. The van der Waals surface area contributed by atoms with Gasteiger partial charge in [0.2, 0.25) is 0 Å². The molecular formula is C32H35F3N8O2. The molecule has 0 aliphatic rings. The molecule has 1 unspecified atom stereocenters. The number of hydrogen-bond donors (Lipinski definition) is 4. The van der Waals surface area contributed by atoms with E-state index in [9.17, 15) is 18.0 Å². The Labute approximate surface area is 259 Å². The van der Waals surface area contributed by atoms with Gasteiger partial charge in [0.1, 0.15) is 5.75 Å². The molecule has 0 saturated heterocycles. The monoisotopic (exact) mass is 620 g/mol. The Kier molecular flexibility index (Phi) is 11.3. The molecule has 2 amide bonds. The number of amides is 2. The zero-order valence-corrected chi connectivity index (χ0v) is 24.9. The standard InChI is InChI=1S/C32H35F3N8O2/c1-4-24(27-21-43-17-16-38-30(43)29(41-27)39-20-23-11-14-37-15-12-23)8-5-7-22(2)40-31(44)42-26-19-25(32(33,34)35)9-10-28(26)45-18-6-13-36-3/h4-5,7-12,14-17,19,21-22,36H,1,6,13,18,20H2,2-3H3,(H,39,41)(H2,40,42,44)/b7-5-,24-8+. The number of nitrogens with one attached hydrogen (secondary N) is 4. The van der Waals surface area contributed by atoms with E-state index in [1.165, 1.54) is 6.07 Å². The second kappa shape index (κ2) is 15.5. The van der Waals surface area contributed by atoms with Crippen molar-refractivity contribution in [2.45, 2.75) is 32.1 Å². The highest BCUT2D eigenvalue weighted by molar-refractivity contribution is 5.91. The van der Waals surface area contributed by atoms with Crippen molar-refractivity contribution in [1.29, 1.82) is 0 Å². The van der Waals surface area contributed by atoms with Gasteiger partial charge in [-0.1, -0.05) is 30.9 Å². The predicted molar refractivity (Wildman–Crippen MR) is 169 cm³/mol. The Morgan fingerprint density at radius 3 is 2.71 bits per heavy atom. The molecule has 10 nitrogen and oxygen atoms in total. The van der Waals surface area contributed by atoms with Gasteiger partial charge < -0.3 is 30.4 Å². The molecule has 236 valence electrons. The van der Waals surface area contributed by atoms with Crippen LogP contribution < -0.4 is 26.0 Å². The molecule has 4 aromatic rings. The van der Waals surface area contributed by atoms with Crippen molar-refractivity contribution in [3.63, 3.8) is 0 Å². The SMILES string of the molecule is C=C/C(=C\C=C/C(C)NC(=O)Nc1cc(C(F)(F)F)ccc1OCCCNC)c1cn2ccnc2c(NCc2ccncc2)n1. The molecule has 0 spiro atoms. The Morgan fingerprint density at radius 1 is 1.18 bits per heavy atom. The van der Waals surface area contributed by atoms with Gasteiger partial charge in [-0.15, -0.1) is 0 Å². The molecule has 0 aliphatic heterocycles. The average Bonchev–Trinajstić information content (AvgIpc) is 3.50. The fourth-order valence-electron chi connectivity index (χ4n) is 4.23. The molecule has 45 heavy (non-hydrogen) atoms. The number of fused-ring (bicyclic) bond motifs is 1. The number of hydrogen-bond acceptors (Lipinski definition) is 7. The van der Waals surface area contributed by atoms with Crippen molar-refractivity contribution in [2.24, 2.45) is 0 Å². The van der Waals surface area contributed by atoms with Crippen LogP contribution in [0.15, 0.2) is 92.2 Å². The number of rotatable bonds is 14. The number of benzene rings is 1. The van der Waals surface area contributed by atoms with Crippen LogP contribution in [0.5, 0.6) is 5.75 Å². The van der Waals surface area contributed by atoms with Crippen LogP contribution >= 0.6 is 0 Å². The summed E-state index contributed by atoms with van der Waals surface area (Å²) in [4.78, 5) is 25.9. The molecule has 0 radical (unpaired) electrons. The van der Waals surface area contributed by atoms with Crippen LogP contribution in [0.3, 0.4) is 0 Å². The van der Waals surface area contributed by atoms with Gasteiger partial charge in [0, 0.05) is 49.1 Å². The Balaban J connectivity index is 1.43. The highest BCUT2D eigenvalue weighted by Crippen LogP contribution is 2.35. The number of alkyl halides is 3. The minimum Gasteiger partial charge on any atom is -0.491 e. The first-order valence-corrected chi connectivity index (χ1v) is 14.2.